The Morgan fingerprint density at radius 3 is 2.79 bits per heavy atom. The van der Waals surface area contributed by atoms with Gasteiger partial charge in [0.2, 0.25) is 0 Å². The Bertz CT molecular complexity index is 946. The first-order valence-electron chi connectivity index (χ1n) is 9.32. The van der Waals surface area contributed by atoms with E-state index < -0.39 is 5.82 Å². The highest BCUT2D eigenvalue weighted by Gasteiger charge is 2.37. The summed E-state index contributed by atoms with van der Waals surface area (Å²) in [5.41, 5.74) is 2.11. The number of halogens is 1. The van der Waals surface area contributed by atoms with Crippen LogP contribution in [0.1, 0.15) is 40.0 Å². The summed E-state index contributed by atoms with van der Waals surface area (Å²) in [6, 6.07) is 9.31. The maximum Gasteiger partial charge on any atom is 0.257 e. The zero-order chi connectivity index (χ0) is 19.8. The number of benzene rings is 2. The molecule has 0 spiro atoms. The Kier molecular flexibility index (Phi) is 4.66. The summed E-state index contributed by atoms with van der Waals surface area (Å²) in [5, 5.41) is 2.69. The van der Waals surface area contributed by atoms with Gasteiger partial charge in [0.05, 0.1) is 18.4 Å². The number of ether oxygens (including phenoxy) is 1. The molecule has 2 aromatic rings. The second kappa shape index (κ2) is 7.14. The van der Waals surface area contributed by atoms with Gasteiger partial charge < -0.3 is 19.9 Å². The first kappa shape index (κ1) is 18.3. The minimum atomic E-state index is -0.548. The lowest BCUT2D eigenvalue weighted by molar-refractivity contribution is 0.0589. The van der Waals surface area contributed by atoms with E-state index in [-0.39, 0.29) is 23.7 Å². The fraction of sp³-hybridized carbons (Fsp3) is 0.333. The highest BCUT2D eigenvalue weighted by molar-refractivity contribution is 6.08. The van der Waals surface area contributed by atoms with Gasteiger partial charge in [0.1, 0.15) is 6.17 Å². The molecule has 146 valence electrons. The summed E-state index contributed by atoms with van der Waals surface area (Å²) in [7, 11) is 3.34. The van der Waals surface area contributed by atoms with E-state index in [1.807, 2.05) is 11.9 Å². The lowest BCUT2D eigenvalue weighted by Gasteiger charge is -2.46. The number of carbonyl (C=O) groups excluding carboxylic acids is 2. The van der Waals surface area contributed by atoms with Gasteiger partial charge in [0.25, 0.3) is 11.8 Å². The van der Waals surface area contributed by atoms with Crippen LogP contribution in [-0.4, -0.2) is 43.6 Å². The molecule has 0 radical (unpaired) electrons. The molecule has 6 nitrogen and oxygen atoms in total. The van der Waals surface area contributed by atoms with E-state index in [1.165, 1.54) is 19.2 Å². The predicted molar refractivity (Wildman–Crippen MR) is 104 cm³/mol. The molecule has 0 aromatic heterocycles. The number of rotatable bonds is 3. The van der Waals surface area contributed by atoms with Gasteiger partial charge >= 0.3 is 0 Å². The van der Waals surface area contributed by atoms with Crippen molar-refractivity contribution in [2.75, 3.05) is 30.9 Å². The number of nitrogens with zero attached hydrogens (tertiary/aromatic N) is 2. The van der Waals surface area contributed by atoms with E-state index in [2.05, 4.69) is 10.2 Å². The molecule has 2 aliphatic heterocycles. The molecule has 1 fully saturated rings. The first-order chi connectivity index (χ1) is 13.5. The van der Waals surface area contributed by atoms with Crippen LogP contribution in [0.4, 0.5) is 15.8 Å². The highest BCUT2D eigenvalue weighted by Crippen LogP contribution is 2.35. The van der Waals surface area contributed by atoms with E-state index in [0.717, 1.165) is 31.5 Å². The lowest BCUT2D eigenvalue weighted by Crippen LogP contribution is -2.55. The topological polar surface area (TPSA) is 61.9 Å². The number of hydrogen-bond acceptors (Lipinski definition) is 4. The third-order valence-corrected chi connectivity index (χ3v) is 5.46. The molecule has 0 saturated carbocycles. The SMILES string of the molecule is COc1ccc(NC(=O)c2ccc3c(c2)N(C)C2CCCCN2C3=O)cc1F. The zero-order valence-corrected chi connectivity index (χ0v) is 15.9. The van der Waals surface area contributed by atoms with E-state index in [0.29, 0.717) is 16.8 Å². The van der Waals surface area contributed by atoms with Crippen LogP contribution < -0.4 is 15.0 Å². The monoisotopic (exact) mass is 383 g/mol. The van der Waals surface area contributed by atoms with Crippen molar-refractivity contribution in [2.24, 2.45) is 0 Å². The molecular formula is C21H22FN3O3. The standard InChI is InChI=1S/C21H22FN3O3/c1-24-17-11-13(20(26)23-14-7-9-18(28-2)16(22)12-14)6-8-15(17)21(27)25-10-4-3-5-19(24)25/h6-9,11-12,19H,3-5,10H2,1-2H3,(H,23,26). The first-order valence-corrected chi connectivity index (χ1v) is 9.32. The molecule has 4 rings (SSSR count). The fourth-order valence-electron chi connectivity index (χ4n) is 3.96. The summed E-state index contributed by atoms with van der Waals surface area (Å²) >= 11 is 0. The Balaban J connectivity index is 1.60. The largest absolute Gasteiger partial charge is 0.494 e. The Morgan fingerprint density at radius 2 is 2.04 bits per heavy atom. The van der Waals surface area contributed by atoms with Crippen molar-refractivity contribution in [3.63, 3.8) is 0 Å². The molecule has 2 amide bonds. The maximum atomic E-state index is 13.9. The molecule has 2 heterocycles. The Morgan fingerprint density at radius 1 is 1.21 bits per heavy atom. The predicted octanol–water partition coefficient (Wildman–Crippen LogP) is 3.49. The number of nitrogens with one attached hydrogen (secondary N) is 1. The number of carbonyl (C=O) groups is 2. The summed E-state index contributed by atoms with van der Waals surface area (Å²) in [4.78, 5) is 29.4. The zero-order valence-electron chi connectivity index (χ0n) is 15.9. The fourth-order valence-corrected chi connectivity index (χ4v) is 3.96. The van der Waals surface area contributed by atoms with Gasteiger partial charge in [-0.05, 0) is 49.6 Å². The number of methoxy groups -OCH3 is 1. The van der Waals surface area contributed by atoms with E-state index >= 15 is 0 Å². The van der Waals surface area contributed by atoms with Gasteiger partial charge in [0, 0.05) is 30.9 Å². The lowest BCUT2D eigenvalue weighted by atomic mass is 9.97. The van der Waals surface area contributed by atoms with E-state index in [9.17, 15) is 14.0 Å². The molecular weight excluding hydrogens is 361 g/mol. The number of anilines is 2. The van der Waals surface area contributed by atoms with Crippen molar-refractivity contribution >= 4 is 23.2 Å². The average molecular weight is 383 g/mol. The molecule has 2 aliphatic rings. The van der Waals surface area contributed by atoms with Crippen LogP contribution in [-0.2, 0) is 0 Å². The molecule has 0 aliphatic carbocycles. The van der Waals surface area contributed by atoms with Crippen molar-refractivity contribution in [1.29, 1.82) is 0 Å². The normalized spacial score (nSPS) is 18.4. The van der Waals surface area contributed by atoms with Crippen molar-refractivity contribution in [1.82, 2.24) is 4.90 Å². The Labute approximate surface area is 162 Å². The summed E-state index contributed by atoms with van der Waals surface area (Å²) in [6.45, 7) is 0.762. The van der Waals surface area contributed by atoms with Crippen LogP contribution in [0.2, 0.25) is 0 Å². The van der Waals surface area contributed by atoms with Crippen molar-refractivity contribution < 1.29 is 18.7 Å². The molecule has 1 N–H and O–H groups in total. The number of amides is 2. The molecule has 1 saturated heterocycles. The third-order valence-electron chi connectivity index (χ3n) is 5.46. The molecule has 1 unspecified atom stereocenters. The summed E-state index contributed by atoms with van der Waals surface area (Å²) < 4.78 is 18.7. The van der Waals surface area contributed by atoms with Crippen LogP contribution in [0.15, 0.2) is 36.4 Å². The highest BCUT2D eigenvalue weighted by atomic mass is 19.1. The molecule has 1 atom stereocenters. The van der Waals surface area contributed by atoms with Crippen molar-refractivity contribution in [3.05, 3.63) is 53.3 Å². The molecule has 2 aromatic carbocycles. The van der Waals surface area contributed by atoms with Gasteiger partial charge in [-0.2, -0.15) is 0 Å². The minimum Gasteiger partial charge on any atom is -0.494 e. The van der Waals surface area contributed by atoms with Crippen LogP contribution >= 0.6 is 0 Å². The summed E-state index contributed by atoms with van der Waals surface area (Å²) in [6.07, 6.45) is 3.05. The van der Waals surface area contributed by atoms with Crippen LogP contribution in [0, 0.1) is 5.82 Å². The molecule has 7 heteroatoms. The molecule has 28 heavy (non-hydrogen) atoms. The van der Waals surface area contributed by atoms with Crippen molar-refractivity contribution in [3.8, 4) is 5.75 Å². The third kappa shape index (κ3) is 3.06. The number of piperidine rings is 1. The second-order valence-electron chi connectivity index (χ2n) is 7.12. The van der Waals surface area contributed by atoms with E-state index in [4.69, 9.17) is 4.74 Å². The van der Waals surface area contributed by atoms with Crippen LogP contribution in [0.25, 0.3) is 0 Å². The summed E-state index contributed by atoms with van der Waals surface area (Å²) in [5.74, 6) is -0.779. The van der Waals surface area contributed by atoms with Crippen LogP contribution in [0.5, 0.6) is 5.75 Å². The van der Waals surface area contributed by atoms with E-state index in [1.54, 1.807) is 24.3 Å². The van der Waals surface area contributed by atoms with Gasteiger partial charge in [0.15, 0.2) is 11.6 Å². The van der Waals surface area contributed by atoms with Crippen LogP contribution in [0.3, 0.4) is 0 Å². The molecule has 0 bridgehead atoms. The average Bonchev–Trinajstić information content (AvgIpc) is 2.71. The van der Waals surface area contributed by atoms with Crippen molar-refractivity contribution in [2.45, 2.75) is 25.4 Å². The Hall–Kier alpha value is -3.09. The van der Waals surface area contributed by atoms with Gasteiger partial charge in [-0.1, -0.05) is 0 Å². The minimum absolute atomic E-state index is 0.0157. The maximum absolute atomic E-state index is 13.9. The quantitative estimate of drug-likeness (QED) is 0.881. The van der Waals surface area contributed by atoms with Gasteiger partial charge in [-0.15, -0.1) is 0 Å². The number of fused-ring (bicyclic) bond motifs is 2. The smallest absolute Gasteiger partial charge is 0.257 e. The van der Waals surface area contributed by atoms with Gasteiger partial charge in [-0.3, -0.25) is 9.59 Å². The van der Waals surface area contributed by atoms with Gasteiger partial charge in [-0.25, -0.2) is 4.39 Å². The second-order valence-corrected chi connectivity index (χ2v) is 7.12. The number of hydrogen-bond donors (Lipinski definition) is 1.